The van der Waals surface area contributed by atoms with Crippen LogP contribution in [0.25, 0.3) is 0 Å². The van der Waals surface area contributed by atoms with E-state index >= 15 is 0 Å². The molecule has 0 radical (unpaired) electrons. The highest BCUT2D eigenvalue weighted by Gasteiger charge is 2.75. The van der Waals surface area contributed by atoms with E-state index in [0.29, 0.717) is 38.8 Å². The molecule has 7 rings (SSSR count). The van der Waals surface area contributed by atoms with Crippen molar-refractivity contribution in [3.05, 3.63) is 0 Å². The maximum atomic E-state index is 7.11. The summed E-state index contributed by atoms with van der Waals surface area (Å²) < 4.78 is 14.1. The minimum Gasteiger partial charge on any atom is -0.349 e. The van der Waals surface area contributed by atoms with Crippen LogP contribution in [-0.2, 0) is 9.47 Å². The van der Waals surface area contributed by atoms with Crippen LogP contribution in [0.5, 0.6) is 0 Å². The van der Waals surface area contributed by atoms with E-state index in [9.17, 15) is 0 Å². The normalized spacial score (nSPS) is 59.3. The van der Waals surface area contributed by atoms with Crippen molar-refractivity contribution in [1.82, 2.24) is 0 Å². The molecule has 4 heteroatoms. The molecule has 7 fully saturated rings. The lowest BCUT2D eigenvalue weighted by atomic mass is 9.44. The summed E-state index contributed by atoms with van der Waals surface area (Å²) in [6.45, 7) is 11.3. The van der Waals surface area contributed by atoms with E-state index in [1.165, 1.54) is 69.3 Å². The van der Waals surface area contributed by atoms with Crippen LogP contribution in [0.1, 0.15) is 91.9 Å². The molecular formula is C29H46O2S2. The van der Waals surface area contributed by atoms with Crippen molar-refractivity contribution in [2.45, 2.75) is 108 Å². The second kappa shape index (κ2) is 7.57. The molecule has 186 valence electrons. The third kappa shape index (κ3) is 2.85. The fourth-order valence-corrected chi connectivity index (χ4v) is 15.1. The molecule has 4 saturated carbocycles. The first-order valence-electron chi connectivity index (χ1n) is 14.4. The SMILES string of the molecule is CC1CCC2(OC1)OC1CC3C4CCC5CCCCC5(C)C4CC4(SCCS4)C3(C)C1C2C. The highest BCUT2D eigenvalue weighted by Crippen LogP contribution is 2.79. The Morgan fingerprint density at radius 1 is 0.879 bits per heavy atom. The molecule has 3 aliphatic heterocycles. The number of ether oxygens (including phenoxy) is 2. The molecule has 0 aromatic rings. The topological polar surface area (TPSA) is 18.5 Å². The fourth-order valence-electron chi connectivity index (χ4n) is 11.1. The van der Waals surface area contributed by atoms with Crippen LogP contribution in [0.2, 0.25) is 0 Å². The lowest BCUT2D eigenvalue weighted by Crippen LogP contribution is -2.62. The fraction of sp³-hybridized carbons (Fsp3) is 1.00. The second-order valence-corrected chi connectivity index (χ2v) is 16.9. The van der Waals surface area contributed by atoms with Gasteiger partial charge < -0.3 is 9.47 Å². The van der Waals surface area contributed by atoms with Gasteiger partial charge in [-0.3, -0.25) is 0 Å². The van der Waals surface area contributed by atoms with E-state index < -0.39 is 0 Å². The Morgan fingerprint density at radius 3 is 2.45 bits per heavy atom. The van der Waals surface area contributed by atoms with Crippen molar-refractivity contribution in [2.24, 2.45) is 52.3 Å². The van der Waals surface area contributed by atoms with Gasteiger partial charge in [-0.25, -0.2) is 0 Å². The first-order valence-corrected chi connectivity index (χ1v) is 16.4. The minimum atomic E-state index is -0.283. The standard InChI is InChI=1S/C29H46O2S2/c1-18-10-12-28(30-17-18)19(2)25-24(31-28)15-22-21-9-8-20-7-5-6-11-26(20,3)23(21)16-29(27(22,25)4)32-13-14-33-29/h18-25H,5-17H2,1-4H3. The van der Waals surface area contributed by atoms with Crippen molar-refractivity contribution in [3.8, 4) is 0 Å². The molecule has 2 spiro atoms. The number of hydrogen-bond donors (Lipinski definition) is 0. The van der Waals surface area contributed by atoms with Crippen molar-refractivity contribution < 1.29 is 9.47 Å². The molecule has 3 heterocycles. The van der Waals surface area contributed by atoms with Crippen LogP contribution in [0.15, 0.2) is 0 Å². The quantitative estimate of drug-likeness (QED) is 0.348. The van der Waals surface area contributed by atoms with E-state index in [1.807, 2.05) is 0 Å². The van der Waals surface area contributed by atoms with Gasteiger partial charge in [0, 0.05) is 35.2 Å². The van der Waals surface area contributed by atoms with Crippen LogP contribution in [-0.4, -0.2) is 34.1 Å². The summed E-state index contributed by atoms with van der Waals surface area (Å²) in [5.41, 5.74) is 0.991. The van der Waals surface area contributed by atoms with Crippen molar-refractivity contribution >= 4 is 23.5 Å². The Balaban J connectivity index is 1.28. The minimum absolute atomic E-state index is 0.283. The molecule has 0 aromatic carbocycles. The molecule has 0 bridgehead atoms. The van der Waals surface area contributed by atoms with Crippen molar-refractivity contribution in [1.29, 1.82) is 0 Å². The number of thioether (sulfide) groups is 2. The lowest BCUT2D eigenvalue weighted by molar-refractivity contribution is -0.273. The summed E-state index contributed by atoms with van der Waals surface area (Å²) >= 11 is 4.78. The summed E-state index contributed by atoms with van der Waals surface area (Å²) in [5, 5.41) is 0. The Kier molecular flexibility index (Phi) is 5.23. The largest absolute Gasteiger partial charge is 0.349 e. The highest BCUT2D eigenvalue weighted by atomic mass is 32.2. The third-order valence-corrected chi connectivity index (χ3v) is 16.7. The van der Waals surface area contributed by atoms with E-state index in [4.69, 9.17) is 9.47 Å². The van der Waals surface area contributed by atoms with Crippen LogP contribution < -0.4 is 0 Å². The maximum Gasteiger partial charge on any atom is 0.171 e. The molecule has 0 aromatic heterocycles. The zero-order valence-electron chi connectivity index (χ0n) is 21.4. The highest BCUT2D eigenvalue weighted by molar-refractivity contribution is 8.21. The van der Waals surface area contributed by atoms with E-state index in [1.54, 1.807) is 0 Å². The smallest absolute Gasteiger partial charge is 0.171 e. The monoisotopic (exact) mass is 490 g/mol. The zero-order valence-corrected chi connectivity index (χ0v) is 23.1. The summed E-state index contributed by atoms with van der Waals surface area (Å²) in [5.74, 6) is 8.06. The molecule has 7 aliphatic rings. The molecule has 11 atom stereocenters. The van der Waals surface area contributed by atoms with Gasteiger partial charge in [0.05, 0.1) is 16.8 Å². The Labute approximate surface area is 210 Å². The van der Waals surface area contributed by atoms with Crippen LogP contribution in [0.3, 0.4) is 0 Å². The predicted molar refractivity (Wildman–Crippen MR) is 139 cm³/mol. The van der Waals surface area contributed by atoms with E-state index in [-0.39, 0.29) is 5.79 Å². The third-order valence-electron chi connectivity index (χ3n) is 12.8. The Bertz CT molecular complexity index is 786. The molecule has 3 saturated heterocycles. The maximum absolute atomic E-state index is 7.11. The molecule has 2 nitrogen and oxygen atoms in total. The zero-order chi connectivity index (χ0) is 22.6. The average molecular weight is 491 g/mol. The summed E-state index contributed by atoms with van der Waals surface area (Å²) in [6, 6.07) is 0. The summed E-state index contributed by atoms with van der Waals surface area (Å²) in [6.07, 6.45) is 14.6. The molecule has 0 amide bonds. The Hall–Kier alpha value is 0.620. The number of fused-ring (bicyclic) bond motifs is 8. The first-order chi connectivity index (χ1) is 15.8. The van der Waals surface area contributed by atoms with Crippen LogP contribution in [0.4, 0.5) is 0 Å². The van der Waals surface area contributed by atoms with E-state index in [0.717, 1.165) is 36.7 Å². The Morgan fingerprint density at radius 2 is 1.70 bits per heavy atom. The van der Waals surface area contributed by atoms with Crippen molar-refractivity contribution in [2.75, 3.05) is 18.1 Å². The van der Waals surface area contributed by atoms with Gasteiger partial charge in [-0.1, -0.05) is 40.5 Å². The lowest BCUT2D eigenvalue weighted by Gasteiger charge is -2.66. The van der Waals surface area contributed by atoms with Gasteiger partial charge in [0.15, 0.2) is 5.79 Å². The van der Waals surface area contributed by atoms with Gasteiger partial charge in [-0.15, -0.1) is 23.5 Å². The molecular weight excluding hydrogens is 444 g/mol. The van der Waals surface area contributed by atoms with Gasteiger partial charge in [-0.2, -0.15) is 0 Å². The van der Waals surface area contributed by atoms with Crippen molar-refractivity contribution in [3.63, 3.8) is 0 Å². The number of rotatable bonds is 0. The summed E-state index contributed by atoms with van der Waals surface area (Å²) in [7, 11) is 0. The molecule has 33 heavy (non-hydrogen) atoms. The van der Waals surface area contributed by atoms with E-state index in [2.05, 4.69) is 51.2 Å². The van der Waals surface area contributed by atoms with Gasteiger partial charge in [0.25, 0.3) is 0 Å². The molecule has 0 N–H and O–H groups in total. The molecule has 11 unspecified atom stereocenters. The number of hydrogen-bond acceptors (Lipinski definition) is 4. The summed E-state index contributed by atoms with van der Waals surface area (Å²) in [4.78, 5) is 0. The van der Waals surface area contributed by atoms with Gasteiger partial charge in [0.1, 0.15) is 0 Å². The van der Waals surface area contributed by atoms with Crippen LogP contribution in [0, 0.1) is 52.3 Å². The molecule has 4 aliphatic carbocycles. The second-order valence-electron chi connectivity index (χ2n) is 13.8. The predicted octanol–water partition coefficient (Wildman–Crippen LogP) is 7.61. The first kappa shape index (κ1) is 22.8. The van der Waals surface area contributed by atoms with Gasteiger partial charge >= 0.3 is 0 Å². The van der Waals surface area contributed by atoms with Gasteiger partial charge in [0.2, 0.25) is 0 Å². The average Bonchev–Trinajstić information content (AvgIpc) is 3.46. The van der Waals surface area contributed by atoms with Gasteiger partial charge in [-0.05, 0) is 80.0 Å². The van der Waals surface area contributed by atoms with Crippen LogP contribution >= 0.6 is 23.5 Å².